The Morgan fingerprint density at radius 3 is 1.94 bits per heavy atom. The third-order valence-corrected chi connectivity index (χ3v) is 18.0. The van der Waals surface area contributed by atoms with E-state index in [2.05, 4.69) is 218 Å². The maximum atomic E-state index is 10.4. The van der Waals surface area contributed by atoms with E-state index in [4.69, 9.17) is 0 Å². The molecule has 11 aromatic carbocycles. The van der Waals surface area contributed by atoms with E-state index in [1.165, 1.54) is 97.3 Å². The molecule has 5 aliphatic rings. The predicted molar refractivity (Wildman–Crippen MR) is 301 cm³/mol. The summed E-state index contributed by atoms with van der Waals surface area (Å²) in [5.41, 5.74) is 13.9. The second kappa shape index (κ2) is 15.8. The molecule has 0 saturated heterocycles. The quantitative estimate of drug-likeness (QED) is 0.133. The fraction of sp³-hybridized carbons (Fsp3) is 0.217. The van der Waals surface area contributed by atoms with Crippen LogP contribution in [0.1, 0.15) is 70.4 Å². The molecule has 2 heteroatoms. The Morgan fingerprint density at radius 1 is 0.451 bits per heavy atom. The second-order valence-electron chi connectivity index (χ2n) is 22.2. The summed E-state index contributed by atoms with van der Waals surface area (Å²) in [5, 5.41) is 12.1. The van der Waals surface area contributed by atoms with E-state index in [-0.39, 0.29) is 5.41 Å². The van der Waals surface area contributed by atoms with Crippen LogP contribution in [0.3, 0.4) is 0 Å². The van der Waals surface area contributed by atoms with Crippen molar-refractivity contribution in [3.8, 4) is 11.1 Å². The highest BCUT2D eigenvalue weighted by Gasteiger charge is 2.61. The highest BCUT2D eigenvalue weighted by molar-refractivity contribution is 6.29. The number of para-hydroxylation sites is 1. The van der Waals surface area contributed by atoms with Crippen LogP contribution in [0.4, 0.5) is 34.1 Å². The van der Waals surface area contributed by atoms with Gasteiger partial charge in [0.1, 0.15) is 0 Å². The minimum absolute atomic E-state index is 0.0836. The number of nitrogens with zero attached hydrogens (tertiary/aromatic N) is 2. The lowest BCUT2D eigenvalue weighted by molar-refractivity contribution is -0.0399. The van der Waals surface area contributed by atoms with Gasteiger partial charge in [-0.15, -0.1) is 0 Å². The molecular formula is C69H58N2. The summed E-state index contributed by atoms with van der Waals surface area (Å²) in [6.45, 7) is 4.66. The number of fused-ring (bicyclic) bond motifs is 5. The smallest absolute Gasteiger partial charge is 0.0645 e. The first kappa shape index (κ1) is 40.3. The van der Waals surface area contributed by atoms with Gasteiger partial charge in [-0.1, -0.05) is 153 Å². The zero-order valence-electron chi connectivity index (χ0n) is 41.7. The number of aryl methyl sites for hydroxylation is 1. The molecule has 0 unspecified atom stereocenters. The highest BCUT2D eigenvalue weighted by Crippen LogP contribution is 2.69. The summed E-state index contributed by atoms with van der Waals surface area (Å²) in [4.78, 5) is 4.93. The third-order valence-electron chi connectivity index (χ3n) is 18.0. The van der Waals surface area contributed by atoms with Gasteiger partial charge in [0.25, 0.3) is 0 Å². The molecule has 71 heavy (non-hydrogen) atoms. The Labute approximate surface area is 418 Å². The molecule has 0 radical (unpaired) electrons. The van der Waals surface area contributed by atoms with E-state index < -0.39 is 0 Å². The lowest BCUT2D eigenvalue weighted by Gasteiger charge is -2.61. The van der Waals surface area contributed by atoms with Crippen LogP contribution >= 0.6 is 0 Å². The Balaban J connectivity index is 1.00. The average molecular weight is 916 g/mol. The van der Waals surface area contributed by atoms with Gasteiger partial charge >= 0.3 is 0 Å². The van der Waals surface area contributed by atoms with Crippen LogP contribution in [0.15, 0.2) is 200 Å². The van der Waals surface area contributed by atoms with Crippen LogP contribution in [-0.4, -0.2) is 0 Å². The monoisotopic (exact) mass is 915 g/mol. The van der Waals surface area contributed by atoms with Gasteiger partial charge in [0.2, 0.25) is 0 Å². The van der Waals surface area contributed by atoms with Crippen LogP contribution < -0.4 is 9.80 Å². The van der Waals surface area contributed by atoms with Crippen molar-refractivity contribution >= 4 is 88.0 Å². The molecule has 5 aliphatic carbocycles. The first-order chi connectivity index (χ1) is 35.4. The highest BCUT2D eigenvalue weighted by atomic mass is 15.2. The standard InChI is InChI=1S/C69H58N2/c1-43(2)23-24-50-41-61-66(70(53-17-4-3-5-18-53)54-28-25-46-13-6-7-15-49(46)40-54)33-27-48-26-30-59-65(34-31-57(50)68(59)67(48)61)71(64-22-12-16-47-14-8-9-19-56(47)64)55-29-32-63-60(42-55)58-20-10-11-21-62(58)69(63)51-36-44-35-45(38-51)39-52(69)37-44/h3-22,25-34,40-45,51-52H,23-24,35-39H2,1-2H3/i34D. The van der Waals surface area contributed by atoms with E-state index in [0.717, 1.165) is 64.2 Å². The first-order valence-corrected chi connectivity index (χ1v) is 26.5. The van der Waals surface area contributed by atoms with E-state index in [9.17, 15) is 1.37 Å². The normalized spacial score (nSPS) is 21.0. The fourth-order valence-corrected chi connectivity index (χ4v) is 15.3. The number of hydrogen-bond acceptors (Lipinski definition) is 2. The summed E-state index contributed by atoms with van der Waals surface area (Å²) in [5.74, 6) is 3.71. The van der Waals surface area contributed by atoms with E-state index in [1.54, 1.807) is 11.1 Å². The van der Waals surface area contributed by atoms with Gasteiger partial charge < -0.3 is 9.80 Å². The van der Waals surface area contributed by atoms with E-state index in [1.807, 2.05) is 0 Å². The van der Waals surface area contributed by atoms with Gasteiger partial charge in [-0.3, -0.25) is 0 Å². The molecule has 344 valence electrons. The molecule has 0 amide bonds. The van der Waals surface area contributed by atoms with Crippen molar-refractivity contribution in [1.29, 1.82) is 0 Å². The Morgan fingerprint density at radius 2 is 1.11 bits per heavy atom. The maximum Gasteiger partial charge on any atom is 0.0645 e. The zero-order valence-corrected chi connectivity index (χ0v) is 40.7. The van der Waals surface area contributed by atoms with Crippen LogP contribution in [0, 0.1) is 29.6 Å². The molecular weight excluding hydrogens is 857 g/mol. The molecule has 0 heterocycles. The van der Waals surface area contributed by atoms with Gasteiger partial charge in [-0.05, 0) is 201 Å². The van der Waals surface area contributed by atoms with Crippen molar-refractivity contribution in [2.45, 2.75) is 64.2 Å². The van der Waals surface area contributed by atoms with Crippen molar-refractivity contribution in [3.05, 3.63) is 217 Å². The van der Waals surface area contributed by atoms with E-state index in [0.29, 0.717) is 23.8 Å². The fourth-order valence-electron chi connectivity index (χ4n) is 15.3. The minimum atomic E-state index is 0.0836. The number of benzene rings is 11. The average Bonchev–Trinajstić information content (AvgIpc) is 3.70. The zero-order chi connectivity index (χ0) is 47.8. The van der Waals surface area contributed by atoms with Crippen molar-refractivity contribution < 1.29 is 1.37 Å². The SMILES string of the molecule is [2H]c1cc2c(CCC(C)C)cc3c(N(c4ccccc4)c4ccc5ccccc5c4)ccc4ccc(c1N(c1ccc5c(c1)-c1ccccc1C51C5CC6CC(C5)CC1C6)c1cccc5ccccc15)c2c43. The van der Waals surface area contributed by atoms with Crippen molar-refractivity contribution in [3.63, 3.8) is 0 Å². The molecule has 4 fully saturated rings. The first-order valence-electron chi connectivity index (χ1n) is 27.0. The summed E-state index contributed by atoms with van der Waals surface area (Å²) in [6, 6.07) is 73.5. The molecule has 1 spiro atoms. The number of hydrogen-bond donors (Lipinski definition) is 0. The largest absolute Gasteiger partial charge is 0.310 e. The predicted octanol–water partition coefficient (Wildman–Crippen LogP) is 19.1. The number of rotatable bonds is 9. The lowest BCUT2D eigenvalue weighted by Crippen LogP contribution is -2.55. The second-order valence-corrected chi connectivity index (χ2v) is 22.2. The molecule has 0 N–H and O–H groups in total. The van der Waals surface area contributed by atoms with E-state index >= 15 is 0 Å². The lowest BCUT2D eigenvalue weighted by atomic mass is 9.43. The van der Waals surface area contributed by atoms with Gasteiger partial charge in [0, 0.05) is 38.6 Å². The van der Waals surface area contributed by atoms with Crippen LogP contribution in [0.25, 0.3) is 65.0 Å². The molecule has 0 atom stereocenters. The van der Waals surface area contributed by atoms with Crippen LogP contribution in [0.5, 0.6) is 0 Å². The third kappa shape index (κ3) is 6.13. The molecule has 0 aliphatic heterocycles. The summed E-state index contributed by atoms with van der Waals surface area (Å²) >= 11 is 0. The topological polar surface area (TPSA) is 6.48 Å². The minimum Gasteiger partial charge on any atom is -0.310 e. The van der Waals surface area contributed by atoms with Gasteiger partial charge in [0.05, 0.1) is 18.4 Å². The summed E-state index contributed by atoms with van der Waals surface area (Å²) in [7, 11) is 0. The van der Waals surface area contributed by atoms with Gasteiger partial charge in [-0.2, -0.15) is 0 Å². The molecule has 2 nitrogen and oxygen atoms in total. The van der Waals surface area contributed by atoms with Crippen LogP contribution in [0.2, 0.25) is 0 Å². The van der Waals surface area contributed by atoms with Crippen LogP contribution in [-0.2, 0) is 11.8 Å². The Kier molecular flexibility index (Phi) is 8.97. The summed E-state index contributed by atoms with van der Waals surface area (Å²) in [6.07, 6.45) is 8.89. The molecule has 16 rings (SSSR count). The number of anilines is 6. The Hall–Kier alpha value is -7.42. The maximum absolute atomic E-state index is 10.4. The van der Waals surface area contributed by atoms with Crippen molar-refractivity contribution in [2.75, 3.05) is 9.80 Å². The molecule has 0 aromatic heterocycles. The molecule has 4 bridgehead atoms. The molecule has 4 saturated carbocycles. The summed E-state index contributed by atoms with van der Waals surface area (Å²) < 4.78 is 10.4. The van der Waals surface area contributed by atoms with Gasteiger partial charge in [-0.25, -0.2) is 0 Å². The molecule has 11 aromatic rings. The van der Waals surface area contributed by atoms with Crippen molar-refractivity contribution in [1.82, 2.24) is 0 Å². The Bertz CT molecular complexity index is 3930. The van der Waals surface area contributed by atoms with Gasteiger partial charge in [0.15, 0.2) is 0 Å². The van der Waals surface area contributed by atoms with Crippen molar-refractivity contribution in [2.24, 2.45) is 29.6 Å².